The first-order valence-electron chi connectivity index (χ1n) is 5.21. The van der Waals surface area contributed by atoms with Crippen molar-refractivity contribution in [2.45, 2.75) is 25.7 Å². The maximum atomic E-state index is 8.40. The quantitative estimate of drug-likeness (QED) is 0.770. The van der Waals surface area contributed by atoms with E-state index < -0.39 is 0 Å². The number of aryl methyl sites for hydroxylation is 1. The Hall–Kier alpha value is -1.82. The van der Waals surface area contributed by atoms with Crippen molar-refractivity contribution in [2.75, 3.05) is 0 Å². The summed E-state index contributed by atoms with van der Waals surface area (Å²) in [6.45, 7) is 0. The summed E-state index contributed by atoms with van der Waals surface area (Å²) in [4.78, 5) is 7.75. The molecule has 0 radical (unpaired) electrons. The molecular weight excluding hydrogens is 186 g/mol. The molecule has 0 unspecified atom stereocenters. The van der Waals surface area contributed by atoms with E-state index in [-0.39, 0.29) is 0 Å². The van der Waals surface area contributed by atoms with Crippen LogP contribution in [0.2, 0.25) is 0 Å². The molecule has 0 atom stereocenters. The van der Waals surface area contributed by atoms with Crippen molar-refractivity contribution in [3.8, 4) is 6.07 Å². The lowest BCUT2D eigenvalue weighted by Crippen LogP contribution is -1.87. The summed E-state index contributed by atoms with van der Waals surface area (Å²) < 4.78 is 0. The zero-order chi connectivity index (χ0) is 10.5. The third kappa shape index (κ3) is 2.35. The van der Waals surface area contributed by atoms with Crippen LogP contribution in [0.4, 0.5) is 0 Å². The van der Waals surface area contributed by atoms with Crippen molar-refractivity contribution in [3.05, 3.63) is 30.1 Å². The smallest absolute Gasteiger partial charge is 0.107 e. The fourth-order valence-corrected chi connectivity index (χ4v) is 1.62. The predicted molar refractivity (Wildman–Crippen MR) is 59.3 cm³/mol. The number of nitrogens with one attached hydrogen (secondary N) is 1. The number of nitrogens with zero attached hydrogens (tertiary/aromatic N) is 2. The van der Waals surface area contributed by atoms with Crippen LogP contribution in [0.5, 0.6) is 0 Å². The van der Waals surface area contributed by atoms with Crippen LogP contribution in [0.15, 0.2) is 24.3 Å². The number of fused-ring (bicyclic) bond motifs is 1. The molecule has 0 aliphatic rings. The van der Waals surface area contributed by atoms with E-state index in [2.05, 4.69) is 16.0 Å². The van der Waals surface area contributed by atoms with Crippen LogP contribution >= 0.6 is 0 Å². The van der Waals surface area contributed by atoms with Gasteiger partial charge in [0.05, 0.1) is 17.1 Å². The summed E-state index contributed by atoms with van der Waals surface area (Å²) >= 11 is 0. The Bertz CT molecular complexity index is 446. The molecule has 0 bridgehead atoms. The normalized spacial score (nSPS) is 10.3. The zero-order valence-electron chi connectivity index (χ0n) is 8.53. The first-order chi connectivity index (χ1) is 7.40. The molecular formula is C12H13N3. The number of imidazole rings is 1. The largest absolute Gasteiger partial charge is 0.342 e. The molecule has 2 rings (SSSR count). The molecule has 0 spiro atoms. The van der Waals surface area contributed by atoms with Crippen LogP contribution in [0.3, 0.4) is 0 Å². The molecule has 15 heavy (non-hydrogen) atoms. The molecule has 0 saturated carbocycles. The third-order valence-electron chi connectivity index (χ3n) is 2.39. The van der Waals surface area contributed by atoms with Crippen LogP contribution in [0, 0.1) is 11.3 Å². The van der Waals surface area contributed by atoms with Crippen LogP contribution in [-0.4, -0.2) is 9.97 Å². The highest BCUT2D eigenvalue weighted by atomic mass is 14.9. The van der Waals surface area contributed by atoms with Crippen LogP contribution < -0.4 is 0 Å². The second kappa shape index (κ2) is 4.61. The fourth-order valence-electron chi connectivity index (χ4n) is 1.62. The summed E-state index contributed by atoms with van der Waals surface area (Å²) in [5.74, 6) is 1.02. The highest BCUT2D eigenvalue weighted by Gasteiger charge is 2.00. The Kier molecular flexibility index (Phi) is 2.99. The van der Waals surface area contributed by atoms with Gasteiger partial charge >= 0.3 is 0 Å². The Morgan fingerprint density at radius 3 is 2.93 bits per heavy atom. The van der Waals surface area contributed by atoms with Gasteiger partial charge in [-0.2, -0.15) is 5.26 Å². The van der Waals surface area contributed by atoms with Gasteiger partial charge in [-0.1, -0.05) is 12.1 Å². The predicted octanol–water partition coefficient (Wildman–Crippen LogP) is 2.80. The van der Waals surface area contributed by atoms with E-state index >= 15 is 0 Å². The van der Waals surface area contributed by atoms with E-state index in [9.17, 15) is 0 Å². The lowest BCUT2D eigenvalue weighted by Gasteiger charge is -1.92. The number of aromatic amines is 1. The molecule has 1 aromatic carbocycles. The van der Waals surface area contributed by atoms with E-state index in [0.29, 0.717) is 6.42 Å². The van der Waals surface area contributed by atoms with Crippen LogP contribution in [0.1, 0.15) is 25.1 Å². The highest BCUT2D eigenvalue weighted by molar-refractivity contribution is 5.74. The maximum absolute atomic E-state index is 8.40. The molecule has 0 aliphatic heterocycles. The fraction of sp³-hybridized carbons (Fsp3) is 0.333. The SMILES string of the molecule is N#CCCCCc1nc2ccccc2[nH]1. The number of unbranched alkanes of at least 4 members (excludes halogenated alkanes) is 2. The number of aromatic nitrogens is 2. The van der Waals surface area contributed by atoms with Gasteiger partial charge in [0.25, 0.3) is 0 Å². The summed E-state index contributed by atoms with van der Waals surface area (Å²) in [6, 6.07) is 10.2. The number of rotatable bonds is 4. The standard InChI is InChI=1S/C12H13N3/c13-9-5-1-2-8-12-14-10-6-3-4-7-11(10)15-12/h3-4,6-7H,1-2,5,8H2,(H,14,15). The average Bonchev–Trinajstić information content (AvgIpc) is 2.67. The monoisotopic (exact) mass is 199 g/mol. The van der Waals surface area contributed by atoms with E-state index in [0.717, 1.165) is 36.1 Å². The van der Waals surface area contributed by atoms with Gasteiger partial charge in [0.2, 0.25) is 0 Å². The van der Waals surface area contributed by atoms with Crippen LogP contribution in [0.25, 0.3) is 11.0 Å². The molecule has 1 heterocycles. The van der Waals surface area contributed by atoms with E-state index in [4.69, 9.17) is 5.26 Å². The van der Waals surface area contributed by atoms with E-state index in [1.807, 2.05) is 24.3 Å². The van der Waals surface area contributed by atoms with Crippen molar-refractivity contribution in [1.82, 2.24) is 9.97 Å². The number of nitriles is 1. The minimum Gasteiger partial charge on any atom is -0.342 e. The third-order valence-corrected chi connectivity index (χ3v) is 2.39. The van der Waals surface area contributed by atoms with Crippen LogP contribution in [-0.2, 0) is 6.42 Å². The van der Waals surface area contributed by atoms with Gasteiger partial charge in [0.1, 0.15) is 5.82 Å². The topological polar surface area (TPSA) is 52.5 Å². The van der Waals surface area contributed by atoms with Crippen molar-refractivity contribution in [1.29, 1.82) is 5.26 Å². The molecule has 1 N–H and O–H groups in total. The first kappa shape index (κ1) is 9.72. The molecule has 76 valence electrons. The van der Waals surface area contributed by atoms with Gasteiger partial charge in [0, 0.05) is 12.8 Å². The Balaban J connectivity index is 2.00. The molecule has 1 aromatic heterocycles. The zero-order valence-corrected chi connectivity index (χ0v) is 8.53. The van der Waals surface area contributed by atoms with Gasteiger partial charge in [-0.3, -0.25) is 0 Å². The number of H-pyrrole nitrogens is 1. The Morgan fingerprint density at radius 1 is 1.27 bits per heavy atom. The minimum atomic E-state index is 0.639. The van der Waals surface area contributed by atoms with Gasteiger partial charge in [0.15, 0.2) is 0 Å². The van der Waals surface area contributed by atoms with Gasteiger partial charge in [-0.05, 0) is 25.0 Å². The minimum absolute atomic E-state index is 0.639. The molecule has 3 heteroatoms. The number of para-hydroxylation sites is 2. The van der Waals surface area contributed by atoms with E-state index in [1.54, 1.807) is 0 Å². The molecule has 2 aromatic rings. The van der Waals surface area contributed by atoms with Crippen molar-refractivity contribution in [3.63, 3.8) is 0 Å². The highest BCUT2D eigenvalue weighted by Crippen LogP contribution is 2.12. The lowest BCUT2D eigenvalue weighted by molar-refractivity contribution is 0.730. The number of hydrogen-bond acceptors (Lipinski definition) is 2. The lowest BCUT2D eigenvalue weighted by atomic mass is 10.2. The summed E-state index contributed by atoms with van der Waals surface area (Å²) in [6.07, 6.45) is 3.54. The van der Waals surface area contributed by atoms with Gasteiger partial charge in [-0.15, -0.1) is 0 Å². The van der Waals surface area contributed by atoms with Crippen molar-refractivity contribution in [2.24, 2.45) is 0 Å². The average molecular weight is 199 g/mol. The van der Waals surface area contributed by atoms with Crippen molar-refractivity contribution < 1.29 is 0 Å². The second-order valence-corrected chi connectivity index (χ2v) is 3.57. The molecule has 3 nitrogen and oxygen atoms in total. The summed E-state index contributed by atoms with van der Waals surface area (Å²) in [7, 11) is 0. The number of hydrogen-bond donors (Lipinski definition) is 1. The molecule has 0 fully saturated rings. The summed E-state index contributed by atoms with van der Waals surface area (Å²) in [5.41, 5.74) is 2.11. The molecule has 0 saturated heterocycles. The van der Waals surface area contributed by atoms with Gasteiger partial charge < -0.3 is 4.98 Å². The second-order valence-electron chi connectivity index (χ2n) is 3.57. The van der Waals surface area contributed by atoms with E-state index in [1.165, 1.54) is 0 Å². The van der Waals surface area contributed by atoms with Crippen molar-refractivity contribution >= 4 is 11.0 Å². The van der Waals surface area contributed by atoms with Gasteiger partial charge in [-0.25, -0.2) is 4.98 Å². The molecule has 0 amide bonds. The Labute approximate surface area is 88.8 Å². The Morgan fingerprint density at radius 2 is 2.13 bits per heavy atom. The first-order valence-corrected chi connectivity index (χ1v) is 5.21. The maximum Gasteiger partial charge on any atom is 0.107 e. The number of benzene rings is 1. The molecule has 0 aliphatic carbocycles. The summed E-state index contributed by atoms with van der Waals surface area (Å²) in [5, 5.41) is 8.40.